The van der Waals surface area contributed by atoms with Gasteiger partial charge in [0, 0.05) is 50.7 Å². The molecule has 0 fully saturated rings. The highest BCUT2D eigenvalue weighted by molar-refractivity contribution is 6.03. The minimum Gasteiger partial charge on any atom is -0.332 e. The summed E-state index contributed by atoms with van der Waals surface area (Å²) in [6.45, 7) is 2.19. The van der Waals surface area contributed by atoms with Crippen molar-refractivity contribution in [2.75, 3.05) is 9.80 Å². The van der Waals surface area contributed by atoms with Gasteiger partial charge in [0.1, 0.15) is 0 Å². The smallest absolute Gasteiger partial charge is 0.0991 e. The lowest BCUT2D eigenvalue weighted by Gasteiger charge is -2.42. The Morgan fingerprint density at radius 1 is 0.554 bits per heavy atom. The molecule has 0 bridgehead atoms. The van der Waals surface area contributed by atoms with Crippen molar-refractivity contribution >= 4 is 50.9 Å². The molecule has 8 aromatic carbocycles. The van der Waals surface area contributed by atoms with Crippen molar-refractivity contribution in [3.05, 3.63) is 274 Å². The third-order valence-electron chi connectivity index (χ3n) is 14.3. The van der Waals surface area contributed by atoms with Gasteiger partial charge in [-0.05, 0) is 178 Å². The topological polar surface area (TPSA) is 102 Å². The Labute approximate surface area is 431 Å². The summed E-state index contributed by atoms with van der Waals surface area (Å²) in [5, 5.41) is 43.5. The van der Waals surface area contributed by atoms with Crippen molar-refractivity contribution in [2.24, 2.45) is 0 Å². The maximum absolute atomic E-state index is 9.89. The average Bonchev–Trinajstić information content (AvgIpc) is 3.69. The van der Waals surface area contributed by atoms with Crippen LogP contribution in [0, 0.1) is 45.3 Å². The summed E-state index contributed by atoms with van der Waals surface area (Å²) in [6, 6.07) is 68.7. The zero-order valence-electron chi connectivity index (χ0n) is 40.6. The molecule has 6 nitrogen and oxygen atoms in total. The summed E-state index contributed by atoms with van der Waals surface area (Å²) in [5.41, 5.74) is 17.9. The van der Waals surface area contributed by atoms with Crippen LogP contribution in [0.4, 0.5) is 22.7 Å². The third-order valence-corrected chi connectivity index (χ3v) is 14.3. The van der Waals surface area contributed by atoms with Crippen molar-refractivity contribution in [2.45, 2.75) is 31.2 Å². The fourth-order valence-corrected chi connectivity index (χ4v) is 10.6. The number of anilines is 4. The van der Waals surface area contributed by atoms with Gasteiger partial charge >= 0.3 is 0 Å². The number of nitrogens with zero attached hydrogens (tertiary/aromatic N) is 6. The van der Waals surface area contributed by atoms with Crippen LogP contribution in [0.3, 0.4) is 0 Å². The molecular weight excluding hydrogens is 901 g/mol. The Morgan fingerprint density at radius 3 is 1.68 bits per heavy atom. The third kappa shape index (κ3) is 8.84. The van der Waals surface area contributed by atoms with Crippen molar-refractivity contribution < 1.29 is 0 Å². The average molecular weight is 947 g/mol. The van der Waals surface area contributed by atoms with E-state index in [9.17, 15) is 21.0 Å². The van der Waals surface area contributed by atoms with Gasteiger partial charge in [0.15, 0.2) is 0 Å². The molecule has 0 saturated carbocycles. The normalized spacial score (nSPS) is 16.3. The molecule has 0 heterocycles. The number of benzene rings is 8. The molecule has 2 atom stereocenters. The van der Waals surface area contributed by atoms with E-state index in [0.29, 0.717) is 28.7 Å². The zero-order chi connectivity index (χ0) is 50.6. The first-order valence-electron chi connectivity index (χ1n) is 24.6. The number of allylic oxidation sites excluding steroid dienone is 9. The highest BCUT2D eigenvalue weighted by atomic mass is 15.2. The fraction of sp³-hybridized carbons (Fsp3) is 0.0735. The number of rotatable bonds is 10. The molecule has 2 unspecified atom stereocenters. The van der Waals surface area contributed by atoms with Crippen LogP contribution in [-0.2, 0) is 0 Å². The van der Waals surface area contributed by atoms with Crippen LogP contribution in [0.1, 0.15) is 53.5 Å². The lowest BCUT2D eigenvalue weighted by atomic mass is 9.81. The van der Waals surface area contributed by atoms with Gasteiger partial charge < -0.3 is 9.80 Å². The highest BCUT2D eigenvalue weighted by Crippen LogP contribution is 2.43. The molecule has 8 aromatic rings. The van der Waals surface area contributed by atoms with Gasteiger partial charge in [-0.15, -0.1) is 5.73 Å². The van der Waals surface area contributed by atoms with E-state index in [2.05, 4.69) is 174 Å². The minimum atomic E-state index is -0.572. The van der Waals surface area contributed by atoms with E-state index in [0.717, 1.165) is 83.9 Å². The molecule has 0 N–H and O–H groups in total. The van der Waals surface area contributed by atoms with E-state index in [1.165, 1.54) is 11.1 Å². The molecule has 0 aromatic heterocycles. The van der Waals surface area contributed by atoms with Gasteiger partial charge in [0.25, 0.3) is 0 Å². The van der Waals surface area contributed by atoms with Crippen LogP contribution in [0.5, 0.6) is 0 Å². The molecule has 348 valence electrons. The first-order valence-corrected chi connectivity index (χ1v) is 24.6. The second-order valence-electron chi connectivity index (χ2n) is 18.8. The number of hydrogen-bond acceptors (Lipinski definition) is 6. The van der Waals surface area contributed by atoms with Gasteiger partial charge in [-0.1, -0.05) is 121 Å². The predicted octanol–water partition coefficient (Wildman–Crippen LogP) is 14.7. The van der Waals surface area contributed by atoms with E-state index in [1.807, 2.05) is 103 Å². The predicted molar refractivity (Wildman–Crippen MR) is 299 cm³/mol. The molecule has 6 heteroatoms. The SMILES string of the molecule is CC1(N(c2ccc(C#N)cc2)c2ccc3c(C4C=CC(c5ccccc5)=CC4)c4c(c(-c5ccc(-c6ccccc6)cc5)c3c2)=C=CC=C(N(c2ccc(C#N)cc2)c2ccc(C#N)cc2)C=4)C=CC(C#N)=CC1. The van der Waals surface area contributed by atoms with Gasteiger partial charge in [-0.2, -0.15) is 21.0 Å². The van der Waals surface area contributed by atoms with Crippen LogP contribution >= 0.6 is 0 Å². The van der Waals surface area contributed by atoms with Gasteiger partial charge in [0.2, 0.25) is 0 Å². The summed E-state index contributed by atoms with van der Waals surface area (Å²) in [7, 11) is 0. The van der Waals surface area contributed by atoms with E-state index < -0.39 is 5.54 Å². The second kappa shape index (κ2) is 19.9. The molecule has 74 heavy (non-hydrogen) atoms. The Morgan fingerprint density at radius 2 is 1.12 bits per heavy atom. The first-order chi connectivity index (χ1) is 36.3. The van der Waals surface area contributed by atoms with Gasteiger partial charge in [-0.3, -0.25) is 0 Å². The van der Waals surface area contributed by atoms with Crippen LogP contribution in [0.25, 0.3) is 50.4 Å². The lowest BCUT2D eigenvalue weighted by molar-refractivity contribution is 0.568. The van der Waals surface area contributed by atoms with Crippen molar-refractivity contribution in [1.82, 2.24) is 0 Å². The second-order valence-corrected chi connectivity index (χ2v) is 18.8. The molecular formula is C68H46N6. The van der Waals surface area contributed by atoms with Crippen molar-refractivity contribution in [3.8, 4) is 46.5 Å². The standard InChI is InChI=1S/C68H46N6/c1-68(39-37-50(46-72)38-40-68)74(59-33-19-49(45-71)20-34-59)61-35-36-63-65(42-61)66(55-25-21-53(22-26-55)51-9-4-2-5-10-51)62-14-8-13-60(41-64(62)67(63)56-27-23-54(24-28-56)52-11-6-3-7-12-52)73(57-29-15-47(43-69)16-30-57)58-31-17-48(44-70)18-32-58/h2-13,15-27,29-39,41-42,56H,28,40H2,1H3. The Hall–Kier alpha value is -10.2. The van der Waals surface area contributed by atoms with Crippen molar-refractivity contribution in [3.63, 3.8) is 0 Å². The fourth-order valence-electron chi connectivity index (χ4n) is 10.6. The van der Waals surface area contributed by atoms with Crippen LogP contribution in [0.2, 0.25) is 0 Å². The summed E-state index contributed by atoms with van der Waals surface area (Å²) in [6.07, 6.45) is 20.7. The van der Waals surface area contributed by atoms with Gasteiger partial charge in [0.05, 0.1) is 46.5 Å². The number of fused-ring (bicyclic) bond motifs is 2. The maximum Gasteiger partial charge on any atom is 0.0991 e. The maximum atomic E-state index is 9.89. The molecule has 0 amide bonds. The number of nitriles is 4. The van der Waals surface area contributed by atoms with Crippen LogP contribution in [0.15, 0.2) is 236 Å². The van der Waals surface area contributed by atoms with E-state index in [4.69, 9.17) is 0 Å². The van der Waals surface area contributed by atoms with E-state index in [-0.39, 0.29) is 5.92 Å². The molecule has 11 rings (SSSR count). The Bertz CT molecular complexity index is 3960. The highest BCUT2D eigenvalue weighted by Gasteiger charge is 2.33. The lowest BCUT2D eigenvalue weighted by Crippen LogP contribution is -2.42. The zero-order valence-corrected chi connectivity index (χ0v) is 40.6. The van der Waals surface area contributed by atoms with E-state index in [1.54, 1.807) is 0 Å². The molecule has 3 aliphatic carbocycles. The molecule has 0 radical (unpaired) electrons. The number of hydrogen-bond donors (Lipinski definition) is 0. The van der Waals surface area contributed by atoms with E-state index >= 15 is 0 Å². The van der Waals surface area contributed by atoms with Crippen LogP contribution in [-0.4, -0.2) is 5.54 Å². The van der Waals surface area contributed by atoms with Crippen LogP contribution < -0.4 is 20.2 Å². The summed E-state index contributed by atoms with van der Waals surface area (Å²) in [5.74, 6) is -0.0299. The minimum absolute atomic E-state index is 0.0299. The summed E-state index contributed by atoms with van der Waals surface area (Å²) in [4.78, 5) is 4.50. The molecule has 3 aliphatic rings. The monoisotopic (exact) mass is 946 g/mol. The molecule has 0 saturated heterocycles. The largest absolute Gasteiger partial charge is 0.332 e. The first kappa shape index (κ1) is 46.2. The van der Waals surface area contributed by atoms with Gasteiger partial charge in [-0.25, -0.2) is 0 Å². The molecule has 0 aliphatic heterocycles. The summed E-state index contributed by atoms with van der Waals surface area (Å²) < 4.78 is 0. The quantitative estimate of drug-likeness (QED) is 0.135. The summed E-state index contributed by atoms with van der Waals surface area (Å²) >= 11 is 0. The molecule has 0 spiro atoms. The van der Waals surface area contributed by atoms with Crippen molar-refractivity contribution in [1.29, 1.82) is 21.0 Å². The Kier molecular flexibility index (Phi) is 12.4. The Balaban J connectivity index is 1.20.